The van der Waals surface area contributed by atoms with Gasteiger partial charge in [0.1, 0.15) is 5.75 Å². The van der Waals surface area contributed by atoms with Crippen LogP contribution in [0.4, 0.5) is 18.9 Å². The number of nitrogens with zero attached hydrogens (tertiary/aromatic N) is 3. The van der Waals surface area contributed by atoms with Crippen LogP contribution in [-0.2, 0) is 11.2 Å². The number of carboxylic acid groups (broad SMARTS) is 1. The molecule has 206 valence electrons. The Morgan fingerprint density at radius 2 is 1.58 bits per heavy atom. The number of aliphatic carboxylic acids is 1. The number of nitriles is 1. The quantitative estimate of drug-likeness (QED) is 0.426. The molecule has 2 aliphatic rings. The summed E-state index contributed by atoms with van der Waals surface area (Å²) in [5.41, 5.74) is 2.25. The average Bonchev–Trinajstić information content (AvgIpc) is 2.93. The lowest BCUT2D eigenvalue weighted by Gasteiger charge is -2.38. The number of anilines is 1. The van der Waals surface area contributed by atoms with E-state index in [1.807, 2.05) is 6.07 Å². The zero-order valence-corrected chi connectivity index (χ0v) is 21.6. The number of piperidine rings is 2. The van der Waals surface area contributed by atoms with Gasteiger partial charge in [-0.25, -0.2) is 4.79 Å². The summed E-state index contributed by atoms with van der Waals surface area (Å²) >= 11 is 0. The molecule has 2 fully saturated rings. The lowest BCUT2D eigenvalue weighted by atomic mass is 9.75. The van der Waals surface area contributed by atoms with Gasteiger partial charge in [-0.1, -0.05) is 36.8 Å². The number of rotatable bonds is 8. The van der Waals surface area contributed by atoms with Crippen LogP contribution in [0.25, 0.3) is 0 Å². The maximum Gasteiger partial charge on any atom is 0.490 e. The summed E-state index contributed by atoms with van der Waals surface area (Å²) in [5, 5.41) is 17.0. The molecule has 0 saturated carbocycles. The number of hydrogen-bond acceptors (Lipinski definition) is 5. The minimum absolute atomic E-state index is 0.241. The van der Waals surface area contributed by atoms with Gasteiger partial charge in [0.15, 0.2) is 0 Å². The van der Waals surface area contributed by atoms with Crippen LogP contribution in [0.1, 0.15) is 44.1 Å². The summed E-state index contributed by atoms with van der Waals surface area (Å²) in [6.07, 6.45) is 2.76. The first-order valence-electron chi connectivity index (χ1n) is 13.2. The summed E-state index contributed by atoms with van der Waals surface area (Å²) in [6.45, 7) is 6.29. The number of carbonyl (C=O) groups is 1. The summed E-state index contributed by atoms with van der Waals surface area (Å²) in [7, 11) is 0. The molecule has 0 aliphatic carbocycles. The monoisotopic (exact) mass is 531 g/mol. The third kappa shape index (κ3) is 9.25. The van der Waals surface area contributed by atoms with Crippen molar-refractivity contribution in [3.8, 4) is 11.8 Å². The Balaban J connectivity index is 0.000000505. The lowest BCUT2D eigenvalue weighted by Crippen LogP contribution is -2.40. The molecule has 0 atom stereocenters. The Morgan fingerprint density at radius 3 is 2.13 bits per heavy atom. The number of alkyl halides is 3. The van der Waals surface area contributed by atoms with E-state index in [1.54, 1.807) is 0 Å². The van der Waals surface area contributed by atoms with Gasteiger partial charge in [-0.3, -0.25) is 0 Å². The highest BCUT2D eigenvalue weighted by atomic mass is 19.4. The molecule has 0 aromatic heterocycles. The lowest BCUT2D eigenvalue weighted by molar-refractivity contribution is -0.192. The van der Waals surface area contributed by atoms with Crippen LogP contribution in [0.2, 0.25) is 0 Å². The molecule has 2 aromatic rings. The molecule has 0 unspecified atom stereocenters. The Kier molecular flexibility index (Phi) is 10.8. The van der Waals surface area contributed by atoms with Crippen molar-refractivity contribution in [1.29, 1.82) is 5.26 Å². The van der Waals surface area contributed by atoms with Gasteiger partial charge in [0.25, 0.3) is 0 Å². The molecule has 38 heavy (non-hydrogen) atoms. The van der Waals surface area contributed by atoms with Crippen LogP contribution in [0, 0.1) is 16.7 Å². The molecule has 2 aromatic carbocycles. The van der Waals surface area contributed by atoms with Gasteiger partial charge >= 0.3 is 12.1 Å². The smallest absolute Gasteiger partial charge is 0.490 e. The SMILES string of the molecule is N#CC1(Cc2ccccc2)CCN(c2ccc(OCCCN3CCCCC3)cc2)CC1.O=C(O)C(F)(F)F. The van der Waals surface area contributed by atoms with E-state index in [4.69, 9.17) is 14.6 Å². The molecule has 0 bridgehead atoms. The van der Waals surface area contributed by atoms with Crippen molar-refractivity contribution in [1.82, 2.24) is 4.90 Å². The molecule has 6 nitrogen and oxygen atoms in total. The maximum atomic E-state index is 10.6. The van der Waals surface area contributed by atoms with Crippen molar-refractivity contribution in [3.63, 3.8) is 0 Å². The standard InChI is InChI=1S/C27H35N3O.C2HF3O2/c28-23-27(22-24-8-3-1-4-9-24)14-19-30(20-15-27)25-10-12-26(13-11-25)31-21-7-18-29-16-5-2-6-17-29;3-2(4,5)1(6)7/h1,3-4,8-13H,2,5-7,14-22H2;(H,6,7). The molecule has 0 radical (unpaired) electrons. The second-order valence-electron chi connectivity index (χ2n) is 9.94. The van der Waals surface area contributed by atoms with Gasteiger partial charge in [0.2, 0.25) is 0 Å². The zero-order valence-electron chi connectivity index (χ0n) is 21.6. The Hall–Kier alpha value is -3.25. The predicted octanol–water partition coefficient (Wildman–Crippen LogP) is 5.93. The molecule has 1 N–H and O–H groups in total. The van der Waals surface area contributed by atoms with Crippen molar-refractivity contribution in [2.75, 3.05) is 44.2 Å². The van der Waals surface area contributed by atoms with Gasteiger partial charge < -0.3 is 19.6 Å². The second-order valence-corrected chi connectivity index (χ2v) is 9.94. The first-order valence-corrected chi connectivity index (χ1v) is 13.2. The van der Waals surface area contributed by atoms with Crippen molar-refractivity contribution < 1.29 is 27.8 Å². The van der Waals surface area contributed by atoms with E-state index in [2.05, 4.69) is 64.4 Å². The summed E-state index contributed by atoms with van der Waals surface area (Å²) in [5.74, 6) is -1.80. The van der Waals surface area contributed by atoms with Crippen LogP contribution in [0.5, 0.6) is 5.75 Å². The largest absolute Gasteiger partial charge is 0.494 e. The van der Waals surface area contributed by atoms with Crippen LogP contribution in [0.15, 0.2) is 54.6 Å². The van der Waals surface area contributed by atoms with Gasteiger partial charge in [-0.15, -0.1) is 0 Å². The van der Waals surface area contributed by atoms with Gasteiger partial charge in [-0.05, 0) is 81.4 Å². The van der Waals surface area contributed by atoms with Crippen LogP contribution >= 0.6 is 0 Å². The maximum absolute atomic E-state index is 10.6. The highest BCUT2D eigenvalue weighted by molar-refractivity contribution is 5.73. The minimum Gasteiger partial charge on any atom is -0.494 e. The molecule has 9 heteroatoms. The number of carboxylic acids is 1. The third-order valence-electron chi connectivity index (χ3n) is 7.12. The molecule has 0 amide bonds. The number of halogens is 3. The summed E-state index contributed by atoms with van der Waals surface area (Å²) in [6, 6.07) is 21.6. The first kappa shape index (κ1) is 29.3. The van der Waals surface area contributed by atoms with E-state index < -0.39 is 12.1 Å². The van der Waals surface area contributed by atoms with E-state index in [9.17, 15) is 18.4 Å². The van der Waals surface area contributed by atoms with Gasteiger partial charge in [0, 0.05) is 25.3 Å². The highest BCUT2D eigenvalue weighted by Gasteiger charge is 2.38. The number of likely N-dealkylation sites (tertiary alicyclic amines) is 1. The van der Waals surface area contributed by atoms with E-state index in [1.165, 1.54) is 43.6 Å². The fraction of sp³-hybridized carbons (Fsp3) is 0.517. The Labute approximate surface area is 222 Å². The number of ether oxygens (including phenoxy) is 1. The fourth-order valence-corrected chi connectivity index (χ4v) is 4.92. The Bertz CT molecular complexity index is 1030. The third-order valence-corrected chi connectivity index (χ3v) is 7.12. The van der Waals surface area contributed by atoms with Crippen molar-refractivity contribution >= 4 is 11.7 Å². The highest BCUT2D eigenvalue weighted by Crippen LogP contribution is 2.36. The molecule has 4 rings (SSSR count). The number of hydrogen-bond donors (Lipinski definition) is 1. The molecule has 2 heterocycles. The van der Waals surface area contributed by atoms with Crippen LogP contribution in [-0.4, -0.2) is 61.5 Å². The van der Waals surface area contributed by atoms with Crippen molar-refractivity contribution in [2.45, 2.75) is 51.1 Å². The molecular weight excluding hydrogens is 495 g/mol. The van der Waals surface area contributed by atoms with Crippen molar-refractivity contribution in [3.05, 3.63) is 60.2 Å². The molecule has 2 aliphatic heterocycles. The van der Waals surface area contributed by atoms with E-state index in [0.29, 0.717) is 0 Å². The van der Waals surface area contributed by atoms with Crippen LogP contribution in [0.3, 0.4) is 0 Å². The van der Waals surface area contributed by atoms with Crippen molar-refractivity contribution in [2.24, 2.45) is 5.41 Å². The van der Waals surface area contributed by atoms with Gasteiger partial charge in [0.05, 0.1) is 18.1 Å². The molecule has 2 saturated heterocycles. The number of benzene rings is 2. The Morgan fingerprint density at radius 1 is 0.974 bits per heavy atom. The first-order chi connectivity index (χ1) is 18.2. The van der Waals surface area contributed by atoms with E-state index in [-0.39, 0.29) is 5.41 Å². The van der Waals surface area contributed by atoms with Gasteiger partial charge in [-0.2, -0.15) is 18.4 Å². The summed E-state index contributed by atoms with van der Waals surface area (Å²) < 4.78 is 37.7. The second kappa shape index (κ2) is 14.1. The summed E-state index contributed by atoms with van der Waals surface area (Å²) in [4.78, 5) is 13.9. The van der Waals surface area contributed by atoms with Crippen LogP contribution < -0.4 is 9.64 Å². The minimum atomic E-state index is -5.08. The fourth-order valence-electron chi connectivity index (χ4n) is 4.92. The zero-order chi connectivity index (χ0) is 27.4. The van der Waals surface area contributed by atoms with E-state index in [0.717, 1.165) is 57.7 Å². The average molecular weight is 532 g/mol. The normalized spacial score (nSPS) is 17.6. The molecule has 0 spiro atoms. The van der Waals surface area contributed by atoms with E-state index >= 15 is 0 Å². The topological polar surface area (TPSA) is 76.8 Å². The molecular formula is C29H36F3N3O3. The predicted molar refractivity (Wildman–Crippen MR) is 140 cm³/mol.